The van der Waals surface area contributed by atoms with Crippen LogP contribution in [0.15, 0.2) is 54.6 Å². The molecule has 0 saturated carbocycles. The Morgan fingerprint density at radius 3 is 2.24 bits per heavy atom. The van der Waals surface area contributed by atoms with E-state index in [1.54, 1.807) is 12.1 Å². The molecule has 1 amide bonds. The molecular formula is C14H12AsNO. The van der Waals surface area contributed by atoms with Gasteiger partial charge in [-0.15, -0.1) is 0 Å². The summed E-state index contributed by atoms with van der Waals surface area (Å²) < 4.78 is 1.25. The molecule has 1 N–H and O–H groups in total. The molecule has 0 aliphatic rings. The molecule has 0 saturated heterocycles. The monoisotopic (exact) mass is 285 g/mol. The van der Waals surface area contributed by atoms with Crippen LogP contribution in [0, 0.1) is 0 Å². The SMILES string of the molecule is C=[As]c1ccc(NC(=O)c2ccccc2)cc1. The van der Waals surface area contributed by atoms with E-state index in [1.165, 1.54) is 4.35 Å². The minimum absolute atomic E-state index is 0.000498. The van der Waals surface area contributed by atoms with Crippen molar-refractivity contribution in [1.82, 2.24) is 0 Å². The van der Waals surface area contributed by atoms with E-state index in [9.17, 15) is 4.79 Å². The Bertz CT molecular complexity index is 520. The van der Waals surface area contributed by atoms with E-state index in [0.29, 0.717) is 5.56 Å². The van der Waals surface area contributed by atoms with Gasteiger partial charge in [-0.05, 0) is 0 Å². The fourth-order valence-electron chi connectivity index (χ4n) is 1.44. The average Bonchev–Trinajstić information content (AvgIpc) is 2.40. The van der Waals surface area contributed by atoms with E-state index in [0.717, 1.165) is 5.69 Å². The summed E-state index contributed by atoms with van der Waals surface area (Å²) in [6.45, 7) is 0. The molecule has 0 aromatic heterocycles. The van der Waals surface area contributed by atoms with Crippen LogP contribution in [0.5, 0.6) is 0 Å². The van der Waals surface area contributed by atoms with Gasteiger partial charge in [0.15, 0.2) is 0 Å². The average molecular weight is 285 g/mol. The first kappa shape index (κ1) is 11.8. The van der Waals surface area contributed by atoms with Gasteiger partial charge in [0.2, 0.25) is 0 Å². The van der Waals surface area contributed by atoms with E-state index in [4.69, 9.17) is 0 Å². The van der Waals surface area contributed by atoms with Gasteiger partial charge in [-0.25, -0.2) is 0 Å². The second-order valence-corrected chi connectivity index (χ2v) is 5.27. The molecule has 0 fully saturated rings. The van der Waals surface area contributed by atoms with Crippen LogP contribution in [0.2, 0.25) is 0 Å². The number of carbonyl (C=O) groups excluding carboxylic acids is 1. The molecule has 0 atom stereocenters. The summed E-state index contributed by atoms with van der Waals surface area (Å²) in [6, 6.07) is 17.0. The molecule has 0 radical (unpaired) electrons. The zero-order valence-corrected chi connectivity index (χ0v) is 11.1. The predicted octanol–water partition coefficient (Wildman–Crippen LogP) is 1.70. The Labute approximate surface area is 107 Å². The van der Waals surface area contributed by atoms with Crippen LogP contribution in [0.1, 0.15) is 10.4 Å². The molecule has 0 unspecified atom stereocenters. The van der Waals surface area contributed by atoms with Gasteiger partial charge in [-0.1, -0.05) is 0 Å². The Balaban J connectivity index is 2.10. The zero-order valence-electron chi connectivity index (χ0n) is 9.26. The first-order valence-electron chi connectivity index (χ1n) is 5.23. The van der Waals surface area contributed by atoms with Crippen molar-refractivity contribution < 1.29 is 4.79 Å². The number of rotatable bonds is 3. The summed E-state index contributed by atoms with van der Waals surface area (Å²) in [5.41, 5.74) is 1.48. The van der Waals surface area contributed by atoms with Gasteiger partial charge in [0.1, 0.15) is 0 Å². The van der Waals surface area contributed by atoms with Gasteiger partial charge in [-0.3, -0.25) is 0 Å². The van der Waals surface area contributed by atoms with Crippen molar-refractivity contribution in [2.75, 3.05) is 5.32 Å². The quantitative estimate of drug-likeness (QED) is 0.855. The summed E-state index contributed by atoms with van der Waals surface area (Å²) in [6.07, 6.45) is 0. The normalized spacial score (nSPS) is 10.1. The number of benzene rings is 2. The molecule has 2 rings (SSSR count). The van der Waals surface area contributed by atoms with Crippen molar-refractivity contribution in [2.24, 2.45) is 0 Å². The number of carbonyl (C=O) groups is 1. The molecule has 0 bridgehead atoms. The summed E-state index contributed by atoms with van der Waals surface area (Å²) in [5, 5.41) is 6.76. The van der Waals surface area contributed by atoms with Gasteiger partial charge in [-0.2, -0.15) is 0 Å². The zero-order chi connectivity index (χ0) is 12.1. The maximum atomic E-state index is 11.9. The Morgan fingerprint density at radius 1 is 1.00 bits per heavy atom. The third-order valence-corrected chi connectivity index (χ3v) is 3.74. The Morgan fingerprint density at radius 2 is 1.65 bits per heavy atom. The molecule has 84 valence electrons. The van der Waals surface area contributed by atoms with Crippen LogP contribution >= 0.6 is 0 Å². The topological polar surface area (TPSA) is 29.1 Å². The number of anilines is 1. The molecule has 2 nitrogen and oxygen atoms in total. The first-order valence-corrected chi connectivity index (χ1v) is 7.49. The van der Waals surface area contributed by atoms with E-state index < -0.39 is 0 Å². The molecular weight excluding hydrogens is 273 g/mol. The third-order valence-electron chi connectivity index (χ3n) is 2.34. The molecule has 0 aliphatic heterocycles. The fourth-order valence-corrected chi connectivity index (χ4v) is 2.20. The summed E-state index contributed by atoms with van der Waals surface area (Å²) in [4.78, 5) is 11.9. The summed E-state index contributed by atoms with van der Waals surface area (Å²) in [5.74, 6) is -0.0822. The molecule has 0 spiro atoms. The molecule has 0 heterocycles. The summed E-state index contributed by atoms with van der Waals surface area (Å²) >= 11 is -0.000498. The second kappa shape index (κ2) is 5.60. The standard InChI is InChI=1S/C14H12AsNO/c1-15-12-7-9-13(10-8-12)16-14(17)11-5-3-2-4-6-11/h2-10H,1H2,(H,16,17). The van der Waals surface area contributed by atoms with Crippen LogP contribution < -0.4 is 9.67 Å². The number of amides is 1. The van der Waals surface area contributed by atoms with E-state index >= 15 is 0 Å². The molecule has 0 aliphatic carbocycles. The first-order chi connectivity index (χ1) is 8.29. The van der Waals surface area contributed by atoms with Crippen molar-refractivity contribution in [3.63, 3.8) is 0 Å². The molecule has 2 aromatic rings. The van der Waals surface area contributed by atoms with Crippen LogP contribution in [0.4, 0.5) is 5.69 Å². The van der Waals surface area contributed by atoms with Crippen LogP contribution in [0.3, 0.4) is 0 Å². The van der Waals surface area contributed by atoms with Crippen molar-refractivity contribution in [2.45, 2.75) is 0 Å². The predicted molar refractivity (Wildman–Crippen MR) is 73.3 cm³/mol. The Hall–Kier alpha value is -1.66. The van der Waals surface area contributed by atoms with Gasteiger partial charge < -0.3 is 0 Å². The number of hydrogen-bond donors (Lipinski definition) is 1. The van der Waals surface area contributed by atoms with Gasteiger partial charge >= 0.3 is 107 Å². The van der Waals surface area contributed by atoms with Gasteiger partial charge in [0, 0.05) is 0 Å². The fraction of sp³-hybridized carbons (Fsp3) is 0. The van der Waals surface area contributed by atoms with Crippen molar-refractivity contribution in [3.05, 3.63) is 60.2 Å². The minimum atomic E-state index is -0.0822. The van der Waals surface area contributed by atoms with E-state index in [1.807, 2.05) is 42.5 Å². The molecule has 2 aromatic carbocycles. The molecule has 3 heteroatoms. The maximum absolute atomic E-state index is 11.9. The van der Waals surface area contributed by atoms with E-state index in [-0.39, 0.29) is 21.2 Å². The van der Waals surface area contributed by atoms with Crippen molar-refractivity contribution in [1.29, 1.82) is 0 Å². The van der Waals surface area contributed by atoms with Crippen molar-refractivity contribution in [3.8, 4) is 0 Å². The van der Waals surface area contributed by atoms with E-state index in [2.05, 4.69) is 10.6 Å². The van der Waals surface area contributed by atoms with Crippen LogP contribution in [-0.2, 0) is 0 Å². The number of nitrogens with one attached hydrogen (secondary N) is 1. The Kier molecular flexibility index (Phi) is 3.89. The second-order valence-electron chi connectivity index (χ2n) is 3.53. The third kappa shape index (κ3) is 3.15. The van der Waals surface area contributed by atoms with Crippen LogP contribution in [-0.4, -0.2) is 26.5 Å². The summed E-state index contributed by atoms with van der Waals surface area (Å²) in [7, 11) is 0. The van der Waals surface area contributed by atoms with Crippen LogP contribution in [0.25, 0.3) is 0 Å². The van der Waals surface area contributed by atoms with Gasteiger partial charge in [0.25, 0.3) is 0 Å². The number of hydrogen-bond acceptors (Lipinski definition) is 1. The van der Waals surface area contributed by atoms with Gasteiger partial charge in [0.05, 0.1) is 0 Å². The van der Waals surface area contributed by atoms with Crippen molar-refractivity contribution >= 4 is 36.6 Å². The molecule has 17 heavy (non-hydrogen) atoms.